The molecule has 1 heterocycles. The highest BCUT2D eigenvalue weighted by Crippen LogP contribution is 2.33. The molecule has 0 saturated heterocycles. The molecule has 1 N–H and O–H groups in total. The number of hydrogen-bond acceptors (Lipinski definition) is 10. The topological polar surface area (TPSA) is 167 Å². The first-order valence-corrected chi connectivity index (χ1v) is 14.2. The van der Waals surface area contributed by atoms with Gasteiger partial charge in [-0.1, -0.05) is 29.8 Å². The number of sulfonamides is 1. The van der Waals surface area contributed by atoms with Crippen LogP contribution < -0.4 is 4.72 Å². The van der Waals surface area contributed by atoms with Crippen LogP contribution in [-0.2, 0) is 35.3 Å². The van der Waals surface area contributed by atoms with E-state index in [1.807, 2.05) is 11.6 Å². The average Bonchev–Trinajstić information content (AvgIpc) is 3.41. The Hall–Kier alpha value is -4.87. The normalized spacial score (nSPS) is 12.4. The molecule has 44 heavy (non-hydrogen) atoms. The number of ether oxygens (including phenoxy) is 2. The Labute approximate surface area is 250 Å². The van der Waals surface area contributed by atoms with Crippen molar-refractivity contribution < 1.29 is 50.5 Å². The van der Waals surface area contributed by atoms with Gasteiger partial charge in [-0.05, 0) is 58.0 Å². The monoisotopic (exact) mass is 642 g/mol. The van der Waals surface area contributed by atoms with Gasteiger partial charge in [-0.15, -0.1) is 5.01 Å². The zero-order chi connectivity index (χ0) is 32.9. The lowest BCUT2D eigenvalue weighted by molar-refractivity contribution is -0.717. The summed E-state index contributed by atoms with van der Waals surface area (Å²) in [7, 11) is -3.39. The van der Waals surface area contributed by atoms with Gasteiger partial charge in [0.1, 0.15) is 0 Å². The minimum absolute atomic E-state index is 0.0465. The quantitative estimate of drug-likeness (QED) is 0.0794. The maximum Gasteiger partial charge on any atom is 0.511 e. The Morgan fingerprint density at radius 2 is 1.70 bits per heavy atom. The number of alkyl halides is 3. The van der Waals surface area contributed by atoms with E-state index in [0.717, 1.165) is 35.5 Å². The van der Waals surface area contributed by atoms with Crippen molar-refractivity contribution in [1.29, 1.82) is 0 Å². The zero-order valence-corrected chi connectivity index (χ0v) is 25.0. The number of hydrazine groups is 1. The van der Waals surface area contributed by atoms with E-state index in [-0.39, 0.29) is 23.0 Å². The van der Waals surface area contributed by atoms with Crippen LogP contribution in [-0.4, -0.2) is 66.2 Å². The summed E-state index contributed by atoms with van der Waals surface area (Å²) in [6, 6.07) is 12.2. The summed E-state index contributed by atoms with van der Waals surface area (Å²) in [4.78, 5) is 28.0. The van der Waals surface area contributed by atoms with E-state index in [9.17, 15) is 36.4 Å². The summed E-state index contributed by atoms with van der Waals surface area (Å²) in [5, 5.41) is 19.8. The average molecular weight is 643 g/mol. The minimum atomic E-state index is -4.73. The lowest BCUT2D eigenvalue weighted by atomic mass is 10.1. The Bertz CT molecular complexity index is 1620. The summed E-state index contributed by atoms with van der Waals surface area (Å²) in [6.07, 6.45) is -5.79. The van der Waals surface area contributed by atoms with Crippen LogP contribution in [0.15, 0.2) is 64.8 Å². The van der Waals surface area contributed by atoms with Crippen molar-refractivity contribution >= 4 is 22.1 Å². The van der Waals surface area contributed by atoms with Gasteiger partial charge in [0.25, 0.3) is 22.7 Å². The Balaban J connectivity index is 1.78. The molecule has 2 aromatic carbocycles. The fraction of sp³-hybridized carbons (Fsp3) is 0.346. The summed E-state index contributed by atoms with van der Waals surface area (Å²) < 4.78 is 78.3. The van der Waals surface area contributed by atoms with E-state index in [2.05, 4.69) is 24.7 Å². The second kappa shape index (κ2) is 13.2. The van der Waals surface area contributed by atoms with Crippen molar-refractivity contribution in [2.24, 2.45) is 5.28 Å². The summed E-state index contributed by atoms with van der Waals surface area (Å²) in [6.45, 7) is 5.09. The number of amides is 1. The van der Waals surface area contributed by atoms with E-state index in [0.29, 0.717) is 10.6 Å². The van der Waals surface area contributed by atoms with Gasteiger partial charge >= 0.3 is 12.3 Å². The van der Waals surface area contributed by atoms with Gasteiger partial charge in [0.2, 0.25) is 5.28 Å². The second-order valence-corrected chi connectivity index (χ2v) is 11.3. The summed E-state index contributed by atoms with van der Waals surface area (Å²) in [5.41, 5.74) is -1.36. The fourth-order valence-corrected chi connectivity index (χ4v) is 4.55. The zero-order valence-electron chi connectivity index (χ0n) is 24.2. The number of aryl methyl sites for hydroxylation is 1. The first-order chi connectivity index (χ1) is 20.5. The van der Waals surface area contributed by atoms with E-state index in [4.69, 9.17) is 0 Å². The Morgan fingerprint density at radius 3 is 2.27 bits per heavy atom. The lowest BCUT2D eigenvalue weighted by Gasteiger charge is -2.29. The molecule has 238 valence electrons. The maximum absolute atomic E-state index is 13.5. The molecule has 1 amide bonds. The molecule has 0 fully saturated rings. The van der Waals surface area contributed by atoms with Crippen LogP contribution in [0.2, 0.25) is 0 Å². The molecule has 0 spiro atoms. The Morgan fingerprint density at radius 1 is 1.09 bits per heavy atom. The van der Waals surface area contributed by atoms with Crippen LogP contribution in [0.5, 0.6) is 0 Å². The minimum Gasteiger partial charge on any atom is -0.569 e. The first kappa shape index (κ1) is 33.6. The van der Waals surface area contributed by atoms with Crippen molar-refractivity contribution in [3.05, 3.63) is 71.1 Å². The molecule has 3 rings (SSSR count). The van der Waals surface area contributed by atoms with Crippen molar-refractivity contribution in [3.8, 4) is 16.9 Å². The number of benzene rings is 2. The molecule has 0 aliphatic rings. The standard InChI is InChI=1S/C26H29F3N6O8S/c1-6-41-24(37)42-16-43-32-35(38)33(5)25(3,4)23(36)31-44(39,40)20-13-11-19(12-14-20)34-21(15-22(30-34)26(27,28)29)18-9-7-17(2)8-10-18/h7-15H,6,16H2,1-5H3,(H,31,36)/b35-32-. The molecular formula is C26H29F3N6O8S. The summed E-state index contributed by atoms with van der Waals surface area (Å²) in [5.74, 6) is -1.13. The highest BCUT2D eigenvalue weighted by Gasteiger charge is 2.41. The maximum atomic E-state index is 13.5. The smallest absolute Gasteiger partial charge is 0.511 e. The largest absolute Gasteiger partial charge is 0.569 e. The molecule has 0 aliphatic heterocycles. The molecule has 18 heteroatoms. The van der Waals surface area contributed by atoms with Crippen molar-refractivity contribution in [2.75, 3.05) is 20.4 Å². The molecule has 3 aromatic rings. The predicted octanol–water partition coefficient (Wildman–Crippen LogP) is 4.32. The van der Waals surface area contributed by atoms with Gasteiger partial charge in [-0.2, -0.15) is 18.3 Å². The third-order valence-electron chi connectivity index (χ3n) is 6.21. The van der Waals surface area contributed by atoms with Gasteiger partial charge in [-0.3, -0.25) is 4.79 Å². The van der Waals surface area contributed by atoms with Crippen molar-refractivity contribution in [1.82, 2.24) is 19.5 Å². The number of nitrogens with zero attached hydrogens (tertiary/aromatic N) is 5. The van der Waals surface area contributed by atoms with Gasteiger partial charge in [-0.25, -0.2) is 22.6 Å². The van der Waals surface area contributed by atoms with Crippen molar-refractivity contribution in [2.45, 2.75) is 44.3 Å². The molecule has 0 unspecified atom stereocenters. The van der Waals surface area contributed by atoms with Crippen LogP contribution in [0.3, 0.4) is 0 Å². The van der Waals surface area contributed by atoms with Gasteiger partial charge < -0.3 is 19.5 Å². The number of hydrogen-bond donors (Lipinski definition) is 1. The number of carbonyl (C=O) groups is 2. The molecule has 0 atom stereocenters. The predicted molar refractivity (Wildman–Crippen MR) is 146 cm³/mol. The number of aromatic nitrogens is 2. The molecule has 14 nitrogen and oxygen atoms in total. The number of nitrogens with one attached hydrogen (secondary N) is 1. The van der Waals surface area contributed by atoms with E-state index in [1.54, 1.807) is 31.2 Å². The molecule has 0 radical (unpaired) electrons. The Kier molecular flexibility index (Phi) is 10.1. The van der Waals surface area contributed by atoms with Gasteiger partial charge in [0, 0.05) is 5.56 Å². The molecule has 0 bridgehead atoms. The van der Waals surface area contributed by atoms with Crippen LogP contribution >= 0.6 is 0 Å². The molecular weight excluding hydrogens is 613 g/mol. The number of rotatable bonds is 11. The van der Waals surface area contributed by atoms with E-state index in [1.165, 1.54) is 26.0 Å². The number of carbonyl (C=O) groups excluding carboxylic acids is 2. The third-order valence-corrected chi connectivity index (χ3v) is 7.55. The van der Waals surface area contributed by atoms with Crippen LogP contribution in [0.1, 0.15) is 32.0 Å². The molecule has 0 saturated carbocycles. The van der Waals surface area contributed by atoms with Crippen LogP contribution in [0.25, 0.3) is 16.9 Å². The molecule has 1 aromatic heterocycles. The van der Waals surface area contributed by atoms with Gasteiger partial charge in [0.15, 0.2) is 11.2 Å². The summed E-state index contributed by atoms with van der Waals surface area (Å²) >= 11 is 0. The fourth-order valence-electron chi connectivity index (χ4n) is 3.44. The SMILES string of the molecule is CCOC(=O)OCO/N=[N+](\[O-])N(C)C(C)(C)C(=O)NS(=O)(=O)c1ccc(-n2nc(C(F)(F)F)cc2-c2ccc(C)cc2)cc1. The highest BCUT2D eigenvalue weighted by atomic mass is 32.2. The van der Waals surface area contributed by atoms with Crippen LogP contribution in [0.4, 0.5) is 18.0 Å². The number of likely N-dealkylation sites (N-methyl/N-ethyl adjacent to an activating group) is 1. The molecule has 0 aliphatic carbocycles. The number of halogens is 3. The van der Waals surface area contributed by atoms with E-state index < -0.39 is 51.2 Å². The third kappa shape index (κ3) is 7.94. The van der Waals surface area contributed by atoms with Gasteiger partial charge in [0.05, 0.1) is 34.9 Å². The lowest BCUT2D eigenvalue weighted by Crippen LogP contribution is -2.56. The highest BCUT2D eigenvalue weighted by molar-refractivity contribution is 7.90. The first-order valence-electron chi connectivity index (χ1n) is 12.7. The van der Waals surface area contributed by atoms with Crippen molar-refractivity contribution in [3.63, 3.8) is 0 Å². The van der Waals surface area contributed by atoms with Crippen LogP contribution in [0, 0.1) is 12.1 Å². The second-order valence-electron chi connectivity index (χ2n) is 9.61. The van der Waals surface area contributed by atoms with E-state index >= 15 is 0 Å².